The number of pyridine rings is 1. The molecule has 0 bridgehead atoms. The number of hydrogen-bond acceptors (Lipinski definition) is 4. The summed E-state index contributed by atoms with van der Waals surface area (Å²) in [4.78, 5) is 4.27. The van der Waals surface area contributed by atoms with Crippen molar-refractivity contribution < 1.29 is 4.74 Å². The molecule has 2 heterocycles. The van der Waals surface area contributed by atoms with Crippen LogP contribution in [0.1, 0.15) is 44.1 Å². The number of rotatable bonds is 6. The van der Waals surface area contributed by atoms with Crippen molar-refractivity contribution >= 4 is 15.9 Å². The van der Waals surface area contributed by atoms with Crippen LogP contribution in [0.25, 0.3) is 0 Å². The molecule has 1 atom stereocenters. The monoisotopic (exact) mass is 352 g/mol. The Hall–Kier alpha value is -1.40. The Bertz CT molecular complexity index is 597. The second kappa shape index (κ2) is 7.04. The number of halogens is 1. The van der Waals surface area contributed by atoms with Crippen molar-refractivity contribution in [2.75, 3.05) is 13.7 Å². The number of ether oxygens (including phenoxy) is 1. The topological polar surface area (TPSA) is 52.0 Å². The molecule has 1 N–H and O–H groups in total. The first-order chi connectivity index (χ1) is 10.1. The van der Waals surface area contributed by atoms with Gasteiger partial charge in [0.1, 0.15) is 5.69 Å². The summed E-state index contributed by atoms with van der Waals surface area (Å²) in [5, 5.41) is 7.95. The fraction of sp³-hybridized carbons (Fsp3) is 0.467. The number of nitrogens with one attached hydrogen (secondary N) is 1. The summed E-state index contributed by atoms with van der Waals surface area (Å²) in [5.74, 6) is 0.787. The van der Waals surface area contributed by atoms with Crippen LogP contribution in [0.5, 0.6) is 5.75 Å². The molecule has 21 heavy (non-hydrogen) atoms. The molecule has 0 fully saturated rings. The van der Waals surface area contributed by atoms with Gasteiger partial charge in [-0.05, 0) is 48.0 Å². The molecule has 0 aliphatic heterocycles. The zero-order valence-corrected chi connectivity index (χ0v) is 14.4. The average molecular weight is 353 g/mol. The van der Waals surface area contributed by atoms with Gasteiger partial charge in [0, 0.05) is 22.9 Å². The highest BCUT2D eigenvalue weighted by Gasteiger charge is 2.24. The van der Waals surface area contributed by atoms with Crippen LogP contribution in [0, 0.1) is 0 Å². The van der Waals surface area contributed by atoms with Gasteiger partial charge < -0.3 is 10.1 Å². The first-order valence-corrected chi connectivity index (χ1v) is 7.83. The molecule has 0 aliphatic carbocycles. The van der Waals surface area contributed by atoms with Crippen LogP contribution >= 0.6 is 15.9 Å². The molecule has 0 aliphatic rings. The molecule has 2 aromatic rings. The molecule has 0 aromatic carbocycles. The van der Waals surface area contributed by atoms with Crippen molar-refractivity contribution in [3.8, 4) is 5.75 Å². The van der Waals surface area contributed by atoms with Gasteiger partial charge in [-0.1, -0.05) is 6.92 Å². The van der Waals surface area contributed by atoms with Gasteiger partial charge >= 0.3 is 0 Å². The molecule has 5 nitrogen and oxygen atoms in total. The number of aromatic nitrogens is 3. The number of methoxy groups -OCH3 is 1. The lowest BCUT2D eigenvalue weighted by Gasteiger charge is -2.22. The van der Waals surface area contributed by atoms with E-state index >= 15 is 0 Å². The standard InChI is InChI=1S/C15H21BrN4O/c1-5-18-14(11-6-12(16)8-17-7-11)15-13(21-4)9-19-20(15)10(2)3/h6-10,14,18H,5H2,1-4H3. The Balaban J connectivity index is 2.54. The van der Waals surface area contributed by atoms with E-state index in [1.807, 2.05) is 10.9 Å². The van der Waals surface area contributed by atoms with Crippen LogP contribution in [0.4, 0.5) is 0 Å². The number of nitrogens with zero attached hydrogens (tertiary/aromatic N) is 3. The number of hydrogen-bond donors (Lipinski definition) is 1. The first-order valence-electron chi connectivity index (χ1n) is 7.03. The van der Waals surface area contributed by atoms with Crippen LogP contribution in [-0.4, -0.2) is 28.4 Å². The predicted molar refractivity (Wildman–Crippen MR) is 86.6 cm³/mol. The average Bonchev–Trinajstić information content (AvgIpc) is 2.88. The molecular formula is C15H21BrN4O. The second-order valence-electron chi connectivity index (χ2n) is 5.06. The molecule has 2 rings (SSSR count). The highest BCUT2D eigenvalue weighted by atomic mass is 79.9. The van der Waals surface area contributed by atoms with E-state index < -0.39 is 0 Å². The minimum absolute atomic E-state index is 0.0140. The lowest BCUT2D eigenvalue weighted by atomic mass is 10.0. The smallest absolute Gasteiger partial charge is 0.161 e. The van der Waals surface area contributed by atoms with Crippen LogP contribution in [0.3, 0.4) is 0 Å². The SMILES string of the molecule is CCNC(c1cncc(Br)c1)c1c(OC)cnn1C(C)C. The van der Waals surface area contributed by atoms with E-state index in [-0.39, 0.29) is 12.1 Å². The van der Waals surface area contributed by atoms with Crippen molar-refractivity contribution in [2.24, 2.45) is 0 Å². The lowest BCUT2D eigenvalue weighted by Crippen LogP contribution is -2.26. The van der Waals surface area contributed by atoms with Crippen molar-refractivity contribution in [1.29, 1.82) is 0 Å². The molecule has 0 saturated carbocycles. The maximum absolute atomic E-state index is 5.50. The quantitative estimate of drug-likeness (QED) is 0.866. The maximum Gasteiger partial charge on any atom is 0.161 e. The summed E-state index contributed by atoms with van der Waals surface area (Å²) in [6.45, 7) is 7.14. The fourth-order valence-corrected chi connectivity index (χ4v) is 2.74. The minimum Gasteiger partial charge on any atom is -0.493 e. The van der Waals surface area contributed by atoms with E-state index in [4.69, 9.17) is 4.74 Å². The Morgan fingerprint density at radius 3 is 2.67 bits per heavy atom. The van der Waals surface area contributed by atoms with E-state index in [9.17, 15) is 0 Å². The molecule has 6 heteroatoms. The van der Waals surface area contributed by atoms with Crippen LogP contribution in [-0.2, 0) is 0 Å². The zero-order valence-electron chi connectivity index (χ0n) is 12.8. The molecule has 114 valence electrons. The summed E-state index contributed by atoms with van der Waals surface area (Å²) in [7, 11) is 1.67. The first kappa shape index (κ1) is 16.0. The Kier molecular flexibility index (Phi) is 5.36. The summed E-state index contributed by atoms with van der Waals surface area (Å²) in [5.41, 5.74) is 2.10. The van der Waals surface area contributed by atoms with Crippen LogP contribution in [0.15, 0.2) is 29.1 Å². The third-order valence-corrected chi connectivity index (χ3v) is 3.68. The van der Waals surface area contributed by atoms with E-state index in [0.29, 0.717) is 0 Å². The summed E-state index contributed by atoms with van der Waals surface area (Å²) < 4.78 is 8.45. The molecule has 0 saturated heterocycles. The second-order valence-corrected chi connectivity index (χ2v) is 5.98. The zero-order chi connectivity index (χ0) is 15.4. The van der Waals surface area contributed by atoms with Crippen LogP contribution < -0.4 is 10.1 Å². The molecule has 1 unspecified atom stereocenters. The summed E-state index contributed by atoms with van der Waals surface area (Å²) in [6, 6.07) is 2.31. The molecular weight excluding hydrogens is 332 g/mol. The molecule has 0 amide bonds. The van der Waals surface area contributed by atoms with E-state index in [2.05, 4.69) is 58.2 Å². The maximum atomic E-state index is 5.50. The fourth-order valence-electron chi connectivity index (χ4n) is 2.36. The normalized spacial score (nSPS) is 12.7. The molecule has 0 spiro atoms. The third kappa shape index (κ3) is 3.44. The molecule has 2 aromatic heterocycles. The Labute approximate surface area is 133 Å². The van der Waals surface area contributed by atoms with Crippen molar-refractivity contribution in [3.05, 3.63) is 40.4 Å². The van der Waals surface area contributed by atoms with Gasteiger partial charge in [-0.2, -0.15) is 5.10 Å². The van der Waals surface area contributed by atoms with E-state index in [0.717, 1.165) is 28.0 Å². The van der Waals surface area contributed by atoms with Gasteiger partial charge in [0.15, 0.2) is 5.75 Å². The Morgan fingerprint density at radius 2 is 2.10 bits per heavy atom. The third-order valence-electron chi connectivity index (χ3n) is 3.25. The van der Waals surface area contributed by atoms with Crippen molar-refractivity contribution in [2.45, 2.75) is 32.9 Å². The Morgan fingerprint density at radius 1 is 1.33 bits per heavy atom. The van der Waals surface area contributed by atoms with Gasteiger partial charge in [-0.15, -0.1) is 0 Å². The van der Waals surface area contributed by atoms with Crippen molar-refractivity contribution in [1.82, 2.24) is 20.1 Å². The van der Waals surface area contributed by atoms with Gasteiger partial charge in [0.2, 0.25) is 0 Å². The lowest BCUT2D eigenvalue weighted by molar-refractivity contribution is 0.394. The summed E-state index contributed by atoms with van der Waals surface area (Å²) in [6.07, 6.45) is 5.42. The predicted octanol–water partition coefficient (Wildman–Crippen LogP) is 3.33. The van der Waals surface area contributed by atoms with Gasteiger partial charge in [-0.25, -0.2) is 0 Å². The highest BCUT2D eigenvalue weighted by molar-refractivity contribution is 9.10. The van der Waals surface area contributed by atoms with Gasteiger partial charge in [0.25, 0.3) is 0 Å². The summed E-state index contributed by atoms with van der Waals surface area (Å²) >= 11 is 3.48. The van der Waals surface area contributed by atoms with Crippen LogP contribution in [0.2, 0.25) is 0 Å². The van der Waals surface area contributed by atoms with Crippen molar-refractivity contribution in [3.63, 3.8) is 0 Å². The van der Waals surface area contributed by atoms with E-state index in [1.165, 1.54) is 0 Å². The molecule has 0 radical (unpaired) electrons. The van der Waals surface area contributed by atoms with Gasteiger partial charge in [-0.3, -0.25) is 9.67 Å². The highest BCUT2D eigenvalue weighted by Crippen LogP contribution is 2.32. The van der Waals surface area contributed by atoms with E-state index in [1.54, 1.807) is 19.5 Å². The van der Waals surface area contributed by atoms with Gasteiger partial charge in [0.05, 0.1) is 19.3 Å². The largest absolute Gasteiger partial charge is 0.493 e. The minimum atomic E-state index is -0.0140.